The normalized spacial score (nSPS) is 11.1. The number of hydrogen-bond acceptors (Lipinski definition) is 3. The molecule has 0 aliphatic heterocycles. The predicted octanol–water partition coefficient (Wildman–Crippen LogP) is 3.79. The van der Waals surface area contributed by atoms with Crippen LogP contribution in [0.2, 0.25) is 0 Å². The Morgan fingerprint density at radius 1 is 1.13 bits per heavy atom. The Kier molecular flexibility index (Phi) is 4.63. The standard InChI is InChI=1S/C15H11F3N2O3/c16-15(17,18)11-4-1-3-10(7-11)8-14(21)19-12-5-2-6-13(9-12)20(22)23/h1-7,9H,8H2,(H,19,21). The number of halogens is 3. The van der Waals surface area contributed by atoms with Crippen LogP contribution in [0.15, 0.2) is 48.5 Å². The van der Waals surface area contributed by atoms with Crippen LogP contribution in [0.3, 0.4) is 0 Å². The first kappa shape index (κ1) is 16.5. The molecule has 2 aromatic rings. The van der Waals surface area contributed by atoms with Gasteiger partial charge in [0.25, 0.3) is 5.69 Å². The highest BCUT2D eigenvalue weighted by Gasteiger charge is 2.30. The molecule has 0 bridgehead atoms. The highest BCUT2D eigenvalue weighted by Crippen LogP contribution is 2.29. The molecule has 0 spiro atoms. The van der Waals surface area contributed by atoms with Crippen molar-refractivity contribution in [3.63, 3.8) is 0 Å². The van der Waals surface area contributed by atoms with Gasteiger partial charge in [-0.2, -0.15) is 13.2 Å². The van der Waals surface area contributed by atoms with E-state index in [-0.39, 0.29) is 23.4 Å². The van der Waals surface area contributed by atoms with E-state index in [2.05, 4.69) is 5.32 Å². The van der Waals surface area contributed by atoms with E-state index in [0.29, 0.717) is 0 Å². The van der Waals surface area contributed by atoms with Gasteiger partial charge in [0.2, 0.25) is 5.91 Å². The van der Waals surface area contributed by atoms with E-state index in [0.717, 1.165) is 12.1 Å². The van der Waals surface area contributed by atoms with Gasteiger partial charge in [0.05, 0.1) is 16.9 Å². The van der Waals surface area contributed by atoms with Crippen LogP contribution >= 0.6 is 0 Å². The average molecular weight is 324 g/mol. The van der Waals surface area contributed by atoms with Gasteiger partial charge < -0.3 is 5.32 Å². The summed E-state index contributed by atoms with van der Waals surface area (Å²) in [5.74, 6) is -0.565. The Bertz CT molecular complexity index is 745. The van der Waals surface area contributed by atoms with Crippen LogP contribution in [-0.4, -0.2) is 10.8 Å². The number of non-ortho nitro benzene ring substituents is 1. The summed E-state index contributed by atoms with van der Waals surface area (Å²) in [4.78, 5) is 21.9. The van der Waals surface area contributed by atoms with E-state index in [1.807, 2.05) is 0 Å². The van der Waals surface area contributed by atoms with Crippen LogP contribution in [0.5, 0.6) is 0 Å². The molecule has 5 nitrogen and oxygen atoms in total. The zero-order valence-corrected chi connectivity index (χ0v) is 11.6. The molecule has 8 heteroatoms. The first-order valence-electron chi connectivity index (χ1n) is 6.46. The Balaban J connectivity index is 2.08. The number of rotatable bonds is 4. The molecule has 0 aliphatic rings. The summed E-state index contributed by atoms with van der Waals surface area (Å²) < 4.78 is 37.8. The monoisotopic (exact) mass is 324 g/mol. The van der Waals surface area contributed by atoms with Crippen LogP contribution in [0, 0.1) is 10.1 Å². The Hall–Kier alpha value is -2.90. The van der Waals surface area contributed by atoms with Crippen LogP contribution in [0.1, 0.15) is 11.1 Å². The molecule has 1 amide bonds. The van der Waals surface area contributed by atoms with Crippen molar-refractivity contribution in [3.8, 4) is 0 Å². The van der Waals surface area contributed by atoms with Crippen LogP contribution in [0.4, 0.5) is 24.5 Å². The smallest absolute Gasteiger partial charge is 0.326 e. The highest BCUT2D eigenvalue weighted by molar-refractivity contribution is 5.92. The molecular formula is C15H11F3N2O3. The maximum absolute atomic E-state index is 12.6. The third kappa shape index (κ3) is 4.53. The van der Waals surface area contributed by atoms with Crippen molar-refractivity contribution in [1.29, 1.82) is 0 Å². The lowest BCUT2D eigenvalue weighted by atomic mass is 10.1. The SMILES string of the molecule is O=C(Cc1cccc(C(F)(F)F)c1)Nc1cccc([N+](=O)[O-])c1. The maximum Gasteiger partial charge on any atom is 0.416 e. The maximum atomic E-state index is 12.6. The molecular weight excluding hydrogens is 313 g/mol. The summed E-state index contributed by atoms with van der Waals surface area (Å²) in [5, 5.41) is 13.1. The van der Waals surface area contributed by atoms with E-state index < -0.39 is 22.6 Å². The molecule has 0 heterocycles. The number of nitrogens with zero attached hydrogens (tertiary/aromatic N) is 1. The zero-order valence-electron chi connectivity index (χ0n) is 11.6. The molecule has 0 unspecified atom stereocenters. The first-order valence-corrected chi connectivity index (χ1v) is 6.46. The summed E-state index contributed by atoms with van der Waals surface area (Å²) in [6.45, 7) is 0. The van der Waals surface area contributed by atoms with Crippen molar-refractivity contribution in [2.45, 2.75) is 12.6 Å². The fraction of sp³-hybridized carbons (Fsp3) is 0.133. The minimum Gasteiger partial charge on any atom is -0.326 e. The molecule has 0 fully saturated rings. The number of anilines is 1. The third-order valence-corrected chi connectivity index (χ3v) is 2.96. The number of nitrogens with one attached hydrogen (secondary N) is 1. The number of carbonyl (C=O) groups is 1. The predicted molar refractivity (Wildman–Crippen MR) is 76.9 cm³/mol. The number of carbonyl (C=O) groups excluding carboxylic acids is 1. The van der Waals surface area contributed by atoms with Crippen LogP contribution in [0.25, 0.3) is 0 Å². The molecule has 0 aromatic heterocycles. The van der Waals surface area contributed by atoms with Crippen LogP contribution < -0.4 is 5.32 Å². The molecule has 0 saturated carbocycles. The fourth-order valence-corrected chi connectivity index (χ4v) is 1.95. The van der Waals surface area contributed by atoms with E-state index >= 15 is 0 Å². The van der Waals surface area contributed by atoms with Gasteiger partial charge in [0, 0.05) is 17.8 Å². The zero-order chi connectivity index (χ0) is 17.0. The summed E-state index contributed by atoms with van der Waals surface area (Å²) in [6.07, 6.45) is -4.75. The first-order chi connectivity index (χ1) is 10.8. The molecule has 0 aliphatic carbocycles. The molecule has 0 radical (unpaired) electrons. The third-order valence-electron chi connectivity index (χ3n) is 2.96. The van der Waals surface area contributed by atoms with Gasteiger partial charge in [-0.25, -0.2) is 0 Å². The number of nitro benzene ring substituents is 1. The van der Waals surface area contributed by atoms with Gasteiger partial charge in [0.15, 0.2) is 0 Å². The average Bonchev–Trinajstić information content (AvgIpc) is 2.46. The Morgan fingerprint density at radius 3 is 2.48 bits per heavy atom. The second-order valence-electron chi connectivity index (χ2n) is 4.73. The minimum absolute atomic E-state index is 0.193. The van der Waals surface area contributed by atoms with Crippen molar-refractivity contribution in [1.82, 2.24) is 0 Å². The number of nitro groups is 1. The van der Waals surface area contributed by atoms with Crippen molar-refractivity contribution in [2.24, 2.45) is 0 Å². The second-order valence-corrected chi connectivity index (χ2v) is 4.73. The largest absolute Gasteiger partial charge is 0.416 e. The van der Waals surface area contributed by atoms with Crippen molar-refractivity contribution in [2.75, 3.05) is 5.32 Å². The van der Waals surface area contributed by atoms with Gasteiger partial charge >= 0.3 is 6.18 Å². The molecule has 0 atom stereocenters. The van der Waals surface area contributed by atoms with E-state index in [4.69, 9.17) is 0 Å². The highest BCUT2D eigenvalue weighted by atomic mass is 19.4. The van der Waals surface area contributed by atoms with E-state index in [1.54, 1.807) is 0 Å². The van der Waals surface area contributed by atoms with E-state index in [1.165, 1.54) is 36.4 Å². The topological polar surface area (TPSA) is 72.2 Å². The molecule has 23 heavy (non-hydrogen) atoms. The lowest BCUT2D eigenvalue weighted by molar-refractivity contribution is -0.384. The molecule has 120 valence electrons. The number of benzene rings is 2. The van der Waals surface area contributed by atoms with Gasteiger partial charge in [-0.05, 0) is 17.7 Å². The lowest BCUT2D eigenvalue weighted by Crippen LogP contribution is -2.15. The molecule has 0 saturated heterocycles. The fourth-order valence-electron chi connectivity index (χ4n) is 1.95. The van der Waals surface area contributed by atoms with Crippen molar-refractivity contribution in [3.05, 3.63) is 69.8 Å². The van der Waals surface area contributed by atoms with Crippen molar-refractivity contribution >= 4 is 17.3 Å². The Morgan fingerprint density at radius 2 is 1.83 bits per heavy atom. The molecule has 1 N–H and O–H groups in total. The lowest BCUT2D eigenvalue weighted by Gasteiger charge is -2.09. The Labute approximate surface area is 128 Å². The number of hydrogen-bond donors (Lipinski definition) is 1. The number of amides is 1. The van der Waals surface area contributed by atoms with Crippen molar-refractivity contribution < 1.29 is 22.9 Å². The quantitative estimate of drug-likeness (QED) is 0.687. The van der Waals surface area contributed by atoms with Gasteiger partial charge in [-0.1, -0.05) is 24.3 Å². The van der Waals surface area contributed by atoms with Gasteiger partial charge in [0.1, 0.15) is 0 Å². The van der Waals surface area contributed by atoms with Gasteiger partial charge in [-0.15, -0.1) is 0 Å². The van der Waals surface area contributed by atoms with E-state index in [9.17, 15) is 28.1 Å². The summed E-state index contributed by atoms with van der Waals surface area (Å²) >= 11 is 0. The molecule has 2 aromatic carbocycles. The second kappa shape index (κ2) is 6.47. The van der Waals surface area contributed by atoms with Gasteiger partial charge in [-0.3, -0.25) is 14.9 Å². The number of alkyl halides is 3. The summed E-state index contributed by atoms with van der Waals surface area (Å²) in [7, 11) is 0. The summed E-state index contributed by atoms with van der Waals surface area (Å²) in [5.41, 5.74) is -0.626. The summed E-state index contributed by atoms with van der Waals surface area (Å²) in [6, 6.07) is 9.73. The minimum atomic E-state index is -4.48. The molecule has 2 rings (SSSR count). The van der Waals surface area contributed by atoms with Crippen LogP contribution in [-0.2, 0) is 17.4 Å².